The van der Waals surface area contributed by atoms with E-state index in [1.807, 2.05) is 18.5 Å². The summed E-state index contributed by atoms with van der Waals surface area (Å²) in [5, 5.41) is 8.48. The maximum Gasteiger partial charge on any atom is 0.252 e. The Kier molecular flexibility index (Phi) is 6.01. The summed E-state index contributed by atoms with van der Waals surface area (Å²) in [5.41, 5.74) is 1.63. The van der Waals surface area contributed by atoms with E-state index in [4.69, 9.17) is 11.6 Å². The lowest BCUT2D eigenvalue weighted by Gasteiger charge is -2.29. The number of fused-ring (bicyclic) bond motifs is 1. The first-order valence-electron chi connectivity index (χ1n) is 10.2. The van der Waals surface area contributed by atoms with E-state index < -0.39 is 0 Å². The van der Waals surface area contributed by atoms with E-state index in [-0.39, 0.29) is 30.4 Å². The molecule has 0 saturated carbocycles. The first-order chi connectivity index (χ1) is 14.5. The topological polar surface area (TPSA) is 63.1 Å². The number of benzene rings is 1. The normalized spacial score (nSPS) is 15.8. The molecule has 30 heavy (non-hydrogen) atoms. The summed E-state index contributed by atoms with van der Waals surface area (Å²) >= 11 is 6.33. The van der Waals surface area contributed by atoms with E-state index in [1.54, 1.807) is 30.6 Å². The third-order valence-corrected chi connectivity index (χ3v) is 5.88. The fourth-order valence-corrected chi connectivity index (χ4v) is 4.32. The van der Waals surface area contributed by atoms with Gasteiger partial charge in [0.2, 0.25) is 0 Å². The Balaban J connectivity index is 1.55. The molecule has 0 bridgehead atoms. The number of hydrogen-bond acceptors (Lipinski definition) is 4. The number of aromatic nitrogens is 3. The van der Waals surface area contributed by atoms with Crippen molar-refractivity contribution in [3.05, 3.63) is 58.6 Å². The van der Waals surface area contributed by atoms with E-state index >= 15 is 0 Å². The number of pyridine rings is 1. The average molecular weight is 430 g/mol. The molecular formula is C22H25ClFN5O. The molecule has 2 aromatic heterocycles. The number of rotatable bonds is 6. The molecule has 1 fully saturated rings. The molecule has 4 rings (SSSR count). The lowest BCUT2D eigenvalue weighted by atomic mass is 10.0. The smallest absolute Gasteiger partial charge is 0.252 e. The molecule has 8 heteroatoms. The summed E-state index contributed by atoms with van der Waals surface area (Å²) in [4.78, 5) is 19.4. The summed E-state index contributed by atoms with van der Waals surface area (Å²) in [5.74, 6) is -0.601. The molecule has 0 aliphatic carbocycles. The highest BCUT2D eigenvalue weighted by atomic mass is 35.5. The summed E-state index contributed by atoms with van der Waals surface area (Å²) in [6, 6.07) is 6.35. The van der Waals surface area contributed by atoms with E-state index in [1.165, 1.54) is 6.07 Å². The Morgan fingerprint density at radius 1 is 1.27 bits per heavy atom. The number of nitrogens with zero attached hydrogens (tertiary/aromatic N) is 4. The van der Waals surface area contributed by atoms with Crippen LogP contribution in [-0.4, -0.2) is 45.2 Å². The van der Waals surface area contributed by atoms with Gasteiger partial charge < -0.3 is 5.32 Å². The van der Waals surface area contributed by atoms with Crippen LogP contribution in [0.3, 0.4) is 0 Å². The standard InChI is InChI=1S/C22H25ClFN5O/c1-14(2)29-21-15(12-27-29)10-16(11-25-21)22(30)26-13-19(28-8-3-4-9-28)20-17(23)6-5-7-18(20)24/h5-7,10-12,14,19H,3-4,8-9,13H2,1-2H3,(H,26,30). The molecule has 1 amide bonds. The number of carbonyl (C=O) groups excluding carboxylic acids is 1. The molecule has 158 valence electrons. The zero-order valence-electron chi connectivity index (χ0n) is 17.1. The van der Waals surface area contributed by atoms with Crippen LogP contribution in [0.4, 0.5) is 4.39 Å². The van der Waals surface area contributed by atoms with Gasteiger partial charge in [-0.1, -0.05) is 17.7 Å². The van der Waals surface area contributed by atoms with Crippen molar-refractivity contribution >= 4 is 28.5 Å². The second-order valence-corrected chi connectivity index (χ2v) is 8.33. The van der Waals surface area contributed by atoms with Crippen molar-refractivity contribution in [3.63, 3.8) is 0 Å². The first kappa shape index (κ1) is 20.8. The van der Waals surface area contributed by atoms with Crippen LogP contribution in [0.25, 0.3) is 11.0 Å². The molecule has 1 aliphatic heterocycles. The second-order valence-electron chi connectivity index (χ2n) is 7.92. The third-order valence-electron chi connectivity index (χ3n) is 5.56. The van der Waals surface area contributed by atoms with Crippen molar-refractivity contribution in [1.29, 1.82) is 0 Å². The van der Waals surface area contributed by atoms with Crippen LogP contribution >= 0.6 is 11.6 Å². The van der Waals surface area contributed by atoms with Gasteiger partial charge >= 0.3 is 0 Å². The maximum atomic E-state index is 14.6. The average Bonchev–Trinajstić information content (AvgIpc) is 3.39. The fraction of sp³-hybridized carbons (Fsp3) is 0.409. The number of nitrogens with one attached hydrogen (secondary N) is 1. The van der Waals surface area contributed by atoms with Gasteiger partial charge in [0.25, 0.3) is 5.91 Å². The molecule has 1 N–H and O–H groups in total. The van der Waals surface area contributed by atoms with Gasteiger partial charge in [0.15, 0.2) is 5.65 Å². The monoisotopic (exact) mass is 429 g/mol. The van der Waals surface area contributed by atoms with Crippen molar-refractivity contribution in [2.45, 2.75) is 38.8 Å². The van der Waals surface area contributed by atoms with E-state index in [2.05, 4.69) is 20.3 Å². The van der Waals surface area contributed by atoms with Gasteiger partial charge in [-0.15, -0.1) is 0 Å². The number of hydrogen-bond donors (Lipinski definition) is 1. The van der Waals surface area contributed by atoms with E-state index in [9.17, 15) is 9.18 Å². The molecule has 3 aromatic rings. The number of halogens is 2. The molecule has 1 atom stereocenters. The Morgan fingerprint density at radius 2 is 2.03 bits per heavy atom. The Bertz CT molecular complexity index is 1040. The lowest BCUT2D eigenvalue weighted by molar-refractivity contribution is 0.0937. The van der Waals surface area contributed by atoms with Crippen LogP contribution < -0.4 is 5.32 Å². The first-order valence-corrected chi connectivity index (χ1v) is 10.6. The highest BCUT2D eigenvalue weighted by Gasteiger charge is 2.28. The minimum Gasteiger partial charge on any atom is -0.350 e. The maximum absolute atomic E-state index is 14.6. The van der Waals surface area contributed by atoms with Gasteiger partial charge in [0.05, 0.1) is 17.8 Å². The van der Waals surface area contributed by atoms with Crippen molar-refractivity contribution in [2.24, 2.45) is 0 Å². The zero-order valence-corrected chi connectivity index (χ0v) is 17.9. The summed E-state index contributed by atoms with van der Waals surface area (Å²) in [6.45, 7) is 6.03. The molecule has 1 aromatic carbocycles. The van der Waals surface area contributed by atoms with Crippen molar-refractivity contribution in [2.75, 3.05) is 19.6 Å². The summed E-state index contributed by atoms with van der Waals surface area (Å²) in [6.07, 6.45) is 5.37. The highest BCUT2D eigenvalue weighted by molar-refractivity contribution is 6.31. The molecule has 0 spiro atoms. The summed E-state index contributed by atoms with van der Waals surface area (Å²) < 4.78 is 16.4. The predicted molar refractivity (Wildman–Crippen MR) is 115 cm³/mol. The van der Waals surface area contributed by atoms with Gasteiger partial charge in [0, 0.05) is 34.8 Å². The van der Waals surface area contributed by atoms with Crippen LogP contribution in [0, 0.1) is 5.82 Å². The second kappa shape index (κ2) is 8.70. The Morgan fingerprint density at radius 3 is 2.73 bits per heavy atom. The van der Waals surface area contributed by atoms with Crippen molar-refractivity contribution < 1.29 is 9.18 Å². The van der Waals surface area contributed by atoms with E-state index in [0.717, 1.165) is 37.0 Å². The van der Waals surface area contributed by atoms with E-state index in [0.29, 0.717) is 16.1 Å². The van der Waals surface area contributed by atoms with Crippen LogP contribution in [0.2, 0.25) is 5.02 Å². The van der Waals surface area contributed by atoms with Crippen LogP contribution in [0.15, 0.2) is 36.7 Å². The minimum absolute atomic E-state index is 0.182. The molecule has 3 heterocycles. The van der Waals surface area contributed by atoms with Crippen molar-refractivity contribution in [3.8, 4) is 0 Å². The van der Waals surface area contributed by atoms with Crippen molar-refractivity contribution in [1.82, 2.24) is 25.0 Å². The zero-order chi connectivity index (χ0) is 21.3. The van der Waals surface area contributed by atoms with Crippen LogP contribution in [-0.2, 0) is 0 Å². The SMILES string of the molecule is CC(C)n1ncc2cc(C(=O)NCC(c3c(F)cccc3Cl)N3CCCC3)cnc21. The molecule has 0 radical (unpaired) electrons. The number of amides is 1. The molecule has 6 nitrogen and oxygen atoms in total. The quantitative estimate of drug-likeness (QED) is 0.632. The van der Waals surface area contributed by atoms with Gasteiger partial charge in [-0.25, -0.2) is 14.1 Å². The minimum atomic E-state index is -0.349. The fourth-order valence-electron chi connectivity index (χ4n) is 4.03. The molecule has 1 unspecified atom stereocenters. The Labute approximate surface area is 180 Å². The predicted octanol–water partition coefficient (Wildman–Crippen LogP) is 4.37. The van der Waals surface area contributed by atoms with Crippen LogP contribution in [0.1, 0.15) is 54.7 Å². The highest BCUT2D eigenvalue weighted by Crippen LogP contribution is 2.32. The van der Waals surface area contributed by atoms with Gasteiger partial charge in [-0.2, -0.15) is 5.10 Å². The molecule has 1 aliphatic rings. The van der Waals surface area contributed by atoms with Crippen LogP contribution in [0.5, 0.6) is 0 Å². The lowest BCUT2D eigenvalue weighted by Crippen LogP contribution is -2.37. The van der Waals surface area contributed by atoms with Gasteiger partial charge in [-0.05, 0) is 58.0 Å². The third kappa shape index (κ3) is 4.04. The number of carbonyl (C=O) groups is 1. The molecular weight excluding hydrogens is 405 g/mol. The summed E-state index contributed by atoms with van der Waals surface area (Å²) in [7, 11) is 0. The molecule has 1 saturated heterocycles. The van der Waals surface area contributed by atoms with Gasteiger partial charge in [0.1, 0.15) is 5.82 Å². The Hall–Kier alpha value is -2.51. The largest absolute Gasteiger partial charge is 0.350 e. The van der Waals surface area contributed by atoms with Gasteiger partial charge in [-0.3, -0.25) is 9.69 Å². The number of likely N-dealkylation sites (tertiary alicyclic amines) is 1.